The predicted octanol–water partition coefficient (Wildman–Crippen LogP) is 6.00. The lowest BCUT2D eigenvalue weighted by Gasteiger charge is -2.44. The van der Waals surface area contributed by atoms with Crippen molar-refractivity contribution in [2.45, 2.75) is 129 Å². The molecule has 10 heteroatoms. The van der Waals surface area contributed by atoms with E-state index in [1.807, 2.05) is 0 Å². The maximum Gasteiger partial charge on any atom is 0.273 e. The zero-order valence-corrected chi connectivity index (χ0v) is 26.8. The molecule has 0 amide bonds. The first-order chi connectivity index (χ1) is 16.8. The van der Waals surface area contributed by atoms with E-state index in [0.29, 0.717) is 12.2 Å². The lowest BCUT2D eigenvalue weighted by molar-refractivity contribution is -0.0517. The molecule has 1 aliphatic rings. The summed E-state index contributed by atoms with van der Waals surface area (Å²) in [5.74, 6) is 0.445. The number of aliphatic hydroxyl groups is 2. The lowest BCUT2D eigenvalue weighted by atomic mass is 10.1. The fraction of sp³-hybridized carbons (Fsp3) is 0.778. The fourth-order valence-electron chi connectivity index (χ4n) is 3.71. The van der Waals surface area contributed by atoms with Crippen molar-refractivity contribution < 1.29 is 23.8 Å². The molecule has 1 aromatic rings. The van der Waals surface area contributed by atoms with Crippen LogP contribution in [0.2, 0.25) is 36.3 Å². The van der Waals surface area contributed by atoms with Crippen molar-refractivity contribution in [2.75, 3.05) is 6.61 Å². The van der Waals surface area contributed by atoms with E-state index < -0.39 is 46.7 Å². The Bertz CT molecular complexity index is 994. The highest BCUT2D eigenvalue weighted by Gasteiger charge is 2.54. The third kappa shape index (κ3) is 7.63. The molecular weight excluding hydrogens is 504 g/mol. The molecule has 1 aliphatic heterocycles. The third-order valence-electron chi connectivity index (χ3n) is 8.16. The molecule has 0 aromatic carbocycles. The van der Waals surface area contributed by atoms with Crippen molar-refractivity contribution in [2.24, 2.45) is 0 Å². The molecule has 0 radical (unpaired) electrons. The number of ether oxygens (including phenoxy) is 1. The molecule has 2 N–H and O–H groups in total. The molecule has 37 heavy (non-hydrogen) atoms. The fourth-order valence-corrected chi connectivity index (χ4v) is 6.31. The van der Waals surface area contributed by atoms with Gasteiger partial charge in [-0.05, 0) is 42.7 Å². The largest absolute Gasteiger partial charge is 0.512 e. The molecule has 0 aliphatic carbocycles. The van der Waals surface area contributed by atoms with Crippen LogP contribution in [0.15, 0.2) is 22.8 Å². The summed E-state index contributed by atoms with van der Waals surface area (Å²) >= 11 is 0. The molecule has 1 saturated heterocycles. The average Bonchev–Trinajstić information content (AvgIpc) is 3.06. The Morgan fingerprint density at radius 2 is 1.62 bits per heavy atom. The second-order valence-corrected chi connectivity index (χ2v) is 22.7. The smallest absolute Gasteiger partial charge is 0.273 e. The summed E-state index contributed by atoms with van der Waals surface area (Å²) in [5.41, 5.74) is -0.404. The van der Waals surface area contributed by atoms with Gasteiger partial charge in [-0.15, -0.1) is 0 Å². The maximum absolute atomic E-state index is 12.2. The van der Waals surface area contributed by atoms with Crippen LogP contribution in [0.1, 0.15) is 79.8 Å². The average molecular weight is 555 g/mol. The van der Waals surface area contributed by atoms with Crippen molar-refractivity contribution in [3.05, 3.63) is 34.2 Å². The Kier molecular flexibility index (Phi) is 10.2. The Hall–Kier alpha value is -1.31. The van der Waals surface area contributed by atoms with Crippen molar-refractivity contribution in [1.82, 2.24) is 9.55 Å². The van der Waals surface area contributed by atoms with Gasteiger partial charge in [0.2, 0.25) is 0 Å². The molecule has 4 atom stereocenters. The number of aliphatic hydroxyl groups excluding tert-OH is 2. The van der Waals surface area contributed by atoms with E-state index in [4.69, 9.17) is 13.6 Å². The zero-order valence-electron chi connectivity index (χ0n) is 24.8. The summed E-state index contributed by atoms with van der Waals surface area (Å²) < 4.78 is 22.0. The minimum atomic E-state index is -2.31. The number of unbranched alkanes of at least 4 members (excludes halogenated alkanes) is 1. The molecule has 0 unspecified atom stereocenters. The van der Waals surface area contributed by atoms with Crippen LogP contribution in [0.3, 0.4) is 0 Å². The van der Waals surface area contributed by atoms with Crippen LogP contribution in [0.5, 0.6) is 0 Å². The van der Waals surface area contributed by atoms with Crippen molar-refractivity contribution in [1.29, 1.82) is 0 Å². The van der Waals surface area contributed by atoms with E-state index in [1.165, 1.54) is 12.1 Å². The second-order valence-electron chi connectivity index (χ2n) is 13.2. The molecular formula is C27H50N2O6Si2. The topological polar surface area (TPSA) is 103 Å². The van der Waals surface area contributed by atoms with Crippen molar-refractivity contribution >= 4 is 22.7 Å². The number of hydrogen-bond donors (Lipinski definition) is 2. The van der Waals surface area contributed by atoms with E-state index in [-0.39, 0.29) is 22.4 Å². The molecule has 212 valence electrons. The van der Waals surface area contributed by atoms with Gasteiger partial charge in [0.05, 0.1) is 12.4 Å². The van der Waals surface area contributed by atoms with E-state index in [2.05, 4.69) is 79.6 Å². The van der Waals surface area contributed by atoms with Gasteiger partial charge >= 0.3 is 0 Å². The predicted molar refractivity (Wildman–Crippen MR) is 154 cm³/mol. The van der Waals surface area contributed by atoms with Gasteiger partial charge < -0.3 is 28.4 Å². The van der Waals surface area contributed by atoms with Crippen LogP contribution in [0, 0.1) is 0 Å². The molecule has 8 nitrogen and oxygen atoms in total. The molecule has 0 spiro atoms. The highest BCUT2D eigenvalue weighted by molar-refractivity contribution is 6.74. The summed E-state index contributed by atoms with van der Waals surface area (Å²) in [6.45, 7) is 23.6. The summed E-state index contributed by atoms with van der Waals surface area (Å²) in [5, 5.41) is 20.8. The monoisotopic (exact) mass is 554 g/mol. The Morgan fingerprint density at radius 1 is 1.08 bits per heavy atom. The first-order valence-electron chi connectivity index (χ1n) is 13.5. The van der Waals surface area contributed by atoms with E-state index in [0.717, 1.165) is 12.8 Å². The number of rotatable bonds is 10. The van der Waals surface area contributed by atoms with Gasteiger partial charge in [-0.1, -0.05) is 54.9 Å². The van der Waals surface area contributed by atoms with Crippen LogP contribution < -0.4 is 5.56 Å². The molecule has 2 rings (SSSR count). The quantitative estimate of drug-likeness (QED) is 0.270. The molecule has 0 saturated carbocycles. The normalized spacial score (nSPS) is 24.1. The highest BCUT2D eigenvalue weighted by Crippen LogP contribution is 2.45. The van der Waals surface area contributed by atoms with Gasteiger partial charge in [0.15, 0.2) is 22.9 Å². The zero-order chi connectivity index (χ0) is 28.4. The van der Waals surface area contributed by atoms with Gasteiger partial charge in [-0.25, -0.2) is 0 Å². The van der Waals surface area contributed by atoms with E-state index in [1.54, 1.807) is 10.8 Å². The minimum absolute atomic E-state index is 0.0511. The lowest BCUT2D eigenvalue weighted by Crippen LogP contribution is -2.54. The van der Waals surface area contributed by atoms with Gasteiger partial charge in [-0.3, -0.25) is 4.79 Å². The van der Waals surface area contributed by atoms with Crippen molar-refractivity contribution in [3.63, 3.8) is 0 Å². The molecule has 1 fully saturated rings. The van der Waals surface area contributed by atoms with Crippen molar-refractivity contribution in [3.8, 4) is 0 Å². The first-order valence-corrected chi connectivity index (χ1v) is 19.3. The standard InChI is InChI=1S/C27H50N2O6Si2/c1-12-13-14-19(31)17-21-28-22(32)15-16-29(21)25-24(35-37(10,11)27(5,6)7)23(20(18-30)33-25)34-36(8,9)26(2,3)4/h15-17,20,23-25,30-31H,12-14,18H2,1-11H3/b19-17-/t20-,23-,24-,25-/m1/s1. The van der Waals surface area contributed by atoms with Crippen LogP contribution in [-0.2, 0) is 13.6 Å². The summed E-state index contributed by atoms with van der Waals surface area (Å²) in [6, 6.07) is 1.38. The van der Waals surface area contributed by atoms with Crippen LogP contribution in [-0.4, -0.2) is 61.3 Å². The second kappa shape index (κ2) is 11.8. The van der Waals surface area contributed by atoms with Crippen LogP contribution in [0.25, 0.3) is 6.08 Å². The summed E-state index contributed by atoms with van der Waals surface area (Å²) in [7, 11) is -4.58. The Labute approximate surface area is 225 Å². The van der Waals surface area contributed by atoms with Gasteiger partial charge in [0, 0.05) is 24.8 Å². The Morgan fingerprint density at radius 3 is 2.11 bits per heavy atom. The third-order valence-corrected chi connectivity index (χ3v) is 17.1. The van der Waals surface area contributed by atoms with Gasteiger partial charge in [-0.2, -0.15) is 4.98 Å². The van der Waals surface area contributed by atoms with E-state index in [9.17, 15) is 15.0 Å². The SMILES string of the molecule is CCCC/C(O)=C/c1nc(=O)ccn1[C@@H]1O[C@H](CO)[C@@H](O[Si](C)(C)C(C)(C)C)[C@H]1O[Si](C)(C)C(C)(C)C. The maximum atomic E-state index is 12.2. The summed E-state index contributed by atoms with van der Waals surface area (Å²) in [4.78, 5) is 16.4. The number of allylic oxidation sites excluding steroid dienone is 1. The van der Waals surface area contributed by atoms with Gasteiger partial charge in [0.1, 0.15) is 24.1 Å². The molecule has 1 aromatic heterocycles. The highest BCUT2D eigenvalue weighted by atomic mass is 28.4. The Balaban J connectivity index is 2.65. The minimum Gasteiger partial charge on any atom is -0.512 e. The molecule has 0 bridgehead atoms. The van der Waals surface area contributed by atoms with Crippen LogP contribution in [0.4, 0.5) is 0 Å². The number of nitrogens with zero attached hydrogens (tertiary/aromatic N) is 2. The number of hydrogen-bond acceptors (Lipinski definition) is 7. The van der Waals surface area contributed by atoms with Crippen LogP contribution >= 0.6 is 0 Å². The number of aromatic nitrogens is 2. The first kappa shape index (κ1) is 31.9. The van der Waals surface area contributed by atoms with E-state index >= 15 is 0 Å². The molecule has 2 heterocycles. The van der Waals surface area contributed by atoms with Gasteiger partial charge in [0.25, 0.3) is 5.56 Å². The summed E-state index contributed by atoms with van der Waals surface area (Å²) in [6.07, 6.45) is 3.06.